The van der Waals surface area contributed by atoms with Gasteiger partial charge in [-0.2, -0.15) is 5.10 Å². The maximum Gasteiger partial charge on any atom is 0.262 e. The van der Waals surface area contributed by atoms with Gasteiger partial charge in [-0.1, -0.05) is 0 Å². The molecule has 26 heavy (non-hydrogen) atoms. The van der Waals surface area contributed by atoms with Gasteiger partial charge in [-0.25, -0.2) is 9.67 Å². The molecule has 2 aromatic heterocycles. The van der Waals surface area contributed by atoms with Gasteiger partial charge in [-0.3, -0.25) is 4.79 Å². The van der Waals surface area contributed by atoms with E-state index in [4.69, 9.17) is 14.2 Å². The number of hydrogen-bond acceptors (Lipinski definition) is 6. The molecule has 8 nitrogen and oxygen atoms in total. The molecule has 0 atom stereocenters. The van der Waals surface area contributed by atoms with E-state index in [1.807, 2.05) is 26.0 Å². The molecule has 8 heteroatoms. The standard InChI is InChI=1S/C18H22N4O4/c1-10(2)22-17-12(9-19-22)18(23)21-15(20-17)8-11-6-13(24-3)16(26-5)14(7-11)25-4/h6-7,9-10H,8H2,1-5H3,(H,20,21,23). The van der Waals surface area contributed by atoms with Crippen LogP contribution in [0.2, 0.25) is 0 Å². The number of aromatic amines is 1. The lowest BCUT2D eigenvalue weighted by Gasteiger charge is -2.14. The summed E-state index contributed by atoms with van der Waals surface area (Å²) >= 11 is 0. The van der Waals surface area contributed by atoms with Gasteiger partial charge >= 0.3 is 0 Å². The summed E-state index contributed by atoms with van der Waals surface area (Å²) in [7, 11) is 4.68. The first-order chi connectivity index (χ1) is 12.5. The van der Waals surface area contributed by atoms with Gasteiger partial charge in [0.15, 0.2) is 17.1 Å². The zero-order valence-electron chi connectivity index (χ0n) is 15.5. The fraction of sp³-hybridized carbons (Fsp3) is 0.389. The Morgan fingerprint density at radius 1 is 1.12 bits per heavy atom. The molecule has 0 aliphatic carbocycles. The lowest BCUT2D eigenvalue weighted by molar-refractivity contribution is 0.324. The van der Waals surface area contributed by atoms with Crippen LogP contribution in [-0.4, -0.2) is 41.1 Å². The van der Waals surface area contributed by atoms with Crippen molar-refractivity contribution in [3.8, 4) is 17.2 Å². The minimum atomic E-state index is -0.204. The fourth-order valence-corrected chi connectivity index (χ4v) is 2.87. The van der Waals surface area contributed by atoms with E-state index in [2.05, 4.69) is 15.1 Å². The Hall–Kier alpha value is -3.03. The molecule has 0 radical (unpaired) electrons. The Kier molecular flexibility index (Phi) is 4.83. The predicted octanol–water partition coefficient (Wildman–Crippen LogP) is 2.32. The van der Waals surface area contributed by atoms with Gasteiger partial charge in [0.1, 0.15) is 11.2 Å². The molecule has 1 aromatic carbocycles. The van der Waals surface area contributed by atoms with Crippen molar-refractivity contribution in [2.75, 3.05) is 21.3 Å². The number of fused-ring (bicyclic) bond motifs is 1. The first-order valence-electron chi connectivity index (χ1n) is 8.23. The van der Waals surface area contributed by atoms with Gasteiger partial charge in [-0.15, -0.1) is 0 Å². The first kappa shape index (κ1) is 17.8. The first-order valence-corrected chi connectivity index (χ1v) is 8.23. The number of aromatic nitrogens is 4. The molecule has 0 aliphatic rings. The van der Waals surface area contributed by atoms with Crippen LogP contribution in [0.15, 0.2) is 23.1 Å². The van der Waals surface area contributed by atoms with Gasteiger partial charge in [0.2, 0.25) is 5.75 Å². The summed E-state index contributed by atoms with van der Waals surface area (Å²) < 4.78 is 17.8. The van der Waals surface area contributed by atoms with E-state index in [9.17, 15) is 4.79 Å². The van der Waals surface area contributed by atoms with Crippen molar-refractivity contribution in [1.29, 1.82) is 0 Å². The highest BCUT2D eigenvalue weighted by Gasteiger charge is 2.16. The molecule has 1 N–H and O–H groups in total. The van der Waals surface area contributed by atoms with Gasteiger partial charge in [0.25, 0.3) is 5.56 Å². The van der Waals surface area contributed by atoms with Crippen LogP contribution in [0.3, 0.4) is 0 Å². The Bertz CT molecular complexity index is 966. The molecule has 0 aliphatic heterocycles. The zero-order valence-corrected chi connectivity index (χ0v) is 15.5. The maximum atomic E-state index is 12.4. The summed E-state index contributed by atoms with van der Waals surface area (Å²) in [6, 6.07) is 3.78. The second kappa shape index (κ2) is 7.07. The average Bonchev–Trinajstić information content (AvgIpc) is 3.05. The topological polar surface area (TPSA) is 91.3 Å². The Labute approximate surface area is 150 Å². The molecule has 3 rings (SSSR count). The van der Waals surface area contributed by atoms with Crippen molar-refractivity contribution in [3.05, 3.63) is 40.1 Å². The highest BCUT2D eigenvalue weighted by atomic mass is 16.5. The summed E-state index contributed by atoms with van der Waals surface area (Å²) in [5.74, 6) is 2.17. The normalized spacial score (nSPS) is 11.2. The third-order valence-corrected chi connectivity index (χ3v) is 4.10. The smallest absolute Gasteiger partial charge is 0.262 e. The van der Waals surface area contributed by atoms with Crippen molar-refractivity contribution >= 4 is 11.0 Å². The summed E-state index contributed by atoms with van der Waals surface area (Å²) in [5.41, 5.74) is 1.24. The molecule has 0 saturated carbocycles. The van der Waals surface area contributed by atoms with Crippen LogP contribution in [0.4, 0.5) is 0 Å². The molecule has 0 spiro atoms. The molecule has 0 saturated heterocycles. The van der Waals surface area contributed by atoms with Gasteiger partial charge < -0.3 is 19.2 Å². The number of ether oxygens (including phenoxy) is 3. The van der Waals surface area contributed by atoms with Crippen molar-refractivity contribution in [3.63, 3.8) is 0 Å². The largest absolute Gasteiger partial charge is 0.493 e. The zero-order chi connectivity index (χ0) is 18.8. The summed E-state index contributed by atoms with van der Waals surface area (Å²) in [6.45, 7) is 3.99. The van der Waals surface area contributed by atoms with Crippen LogP contribution in [0, 0.1) is 0 Å². The molecular weight excluding hydrogens is 336 g/mol. The number of hydrogen-bond donors (Lipinski definition) is 1. The summed E-state index contributed by atoms with van der Waals surface area (Å²) in [4.78, 5) is 19.8. The minimum Gasteiger partial charge on any atom is -0.493 e. The average molecular weight is 358 g/mol. The lowest BCUT2D eigenvalue weighted by Crippen LogP contribution is -2.14. The van der Waals surface area contributed by atoms with Crippen LogP contribution in [-0.2, 0) is 6.42 Å². The number of methoxy groups -OCH3 is 3. The monoisotopic (exact) mass is 358 g/mol. The van der Waals surface area contributed by atoms with Crippen molar-refractivity contribution in [2.24, 2.45) is 0 Å². The molecular formula is C18H22N4O4. The van der Waals surface area contributed by atoms with Crippen LogP contribution in [0.25, 0.3) is 11.0 Å². The van der Waals surface area contributed by atoms with Crippen molar-refractivity contribution in [2.45, 2.75) is 26.3 Å². The molecule has 0 bridgehead atoms. The Morgan fingerprint density at radius 2 is 1.77 bits per heavy atom. The lowest BCUT2D eigenvalue weighted by atomic mass is 10.1. The quantitative estimate of drug-likeness (QED) is 0.727. The number of nitrogens with one attached hydrogen (secondary N) is 1. The number of H-pyrrole nitrogens is 1. The third kappa shape index (κ3) is 3.10. The minimum absolute atomic E-state index is 0.107. The number of rotatable bonds is 6. The Morgan fingerprint density at radius 3 is 2.31 bits per heavy atom. The SMILES string of the molecule is COc1cc(Cc2nc3c(cnn3C(C)C)c(=O)[nH]2)cc(OC)c1OC. The van der Waals surface area contributed by atoms with E-state index in [1.165, 1.54) is 0 Å². The molecule has 0 unspecified atom stereocenters. The number of nitrogens with zero attached hydrogens (tertiary/aromatic N) is 3. The van der Waals surface area contributed by atoms with Gasteiger partial charge in [-0.05, 0) is 31.5 Å². The van der Waals surface area contributed by atoms with E-state index in [-0.39, 0.29) is 11.6 Å². The van der Waals surface area contributed by atoms with E-state index < -0.39 is 0 Å². The van der Waals surface area contributed by atoms with Crippen molar-refractivity contribution < 1.29 is 14.2 Å². The van der Waals surface area contributed by atoms with Crippen LogP contribution in [0.1, 0.15) is 31.3 Å². The van der Waals surface area contributed by atoms with Crippen molar-refractivity contribution in [1.82, 2.24) is 19.7 Å². The second-order valence-electron chi connectivity index (χ2n) is 6.14. The summed E-state index contributed by atoms with van der Waals surface area (Å²) in [5, 5.41) is 4.74. The third-order valence-electron chi connectivity index (χ3n) is 4.10. The highest BCUT2D eigenvalue weighted by Crippen LogP contribution is 2.38. The van der Waals surface area contributed by atoms with Crippen LogP contribution in [0.5, 0.6) is 17.2 Å². The van der Waals surface area contributed by atoms with E-state index >= 15 is 0 Å². The number of benzene rings is 1. The maximum absolute atomic E-state index is 12.4. The molecule has 0 fully saturated rings. The molecule has 0 amide bonds. The highest BCUT2D eigenvalue weighted by molar-refractivity contribution is 5.73. The fourth-order valence-electron chi connectivity index (χ4n) is 2.87. The van der Waals surface area contributed by atoms with Gasteiger partial charge in [0.05, 0.1) is 27.5 Å². The van der Waals surface area contributed by atoms with E-state index in [0.717, 1.165) is 5.56 Å². The summed E-state index contributed by atoms with van der Waals surface area (Å²) in [6.07, 6.45) is 1.95. The van der Waals surface area contributed by atoms with E-state index in [0.29, 0.717) is 40.5 Å². The second-order valence-corrected chi connectivity index (χ2v) is 6.14. The molecule has 3 aromatic rings. The van der Waals surface area contributed by atoms with E-state index in [1.54, 1.807) is 32.2 Å². The molecule has 2 heterocycles. The predicted molar refractivity (Wildman–Crippen MR) is 97.4 cm³/mol. The van der Waals surface area contributed by atoms with Gasteiger partial charge in [0, 0.05) is 12.5 Å². The van der Waals surface area contributed by atoms with Crippen LogP contribution < -0.4 is 19.8 Å². The van der Waals surface area contributed by atoms with Crippen LogP contribution >= 0.6 is 0 Å². The molecule has 138 valence electrons. The Balaban J connectivity index is 2.06.